The summed E-state index contributed by atoms with van der Waals surface area (Å²) in [5.41, 5.74) is 3.47. The van der Waals surface area contributed by atoms with Crippen LogP contribution in [-0.4, -0.2) is 19.7 Å². The van der Waals surface area contributed by atoms with E-state index < -0.39 is 0 Å². The van der Waals surface area contributed by atoms with Crippen LogP contribution >= 0.6 is 0 Å². The smallest absolute Gasteiger partial charge is 0.148 e. The zero-order chi connectivity index (χ0) is 14.9. The van der Waals surface area contributed by atoms with E-state index in [0.717, 1.165) is 36.5 Å². The number of anilines is 2. The van der Waals surface area contributed by atoms with Crippen molar-refractivity contribution < 1.29 is 4.39 Å². The van der Waals surface area contributed by atoms with Crippen molar-refractivity contribution in [3.8, 4) is 5.69 Å². The molecule has 0 bridgehead atoms. The second-order valence-electron chi connectivity index (χ2n) is 5.25. The Morgan fingerprint density at radius 1 is 1.14 bits per heavy atom. The summed E-state index contributed by atoms with van der Waals surface area (Å²) in [6, 6.07) is 6.55. The maximum atomic E-state index is 13.8. The molecule has 1 N–H and O–H groups in total. The maximum absolute atomic E-state index is 13.8. The molecule has 0 spiro atoms. The van der Waals surface area contributed by atoms with Crippen molar-refractivity contribution in [2.75, 3.05) is 5.32 Å². The molecule has 0 radical (unpaired) electrons. The van der Waals surface area contributed by atoms with Crippen molar-refractivity contribution in [2.45, 2.75) is 19.3 Å². The van der Waals surface area contributed by atoms with Crippen LogP contribution in [0.1, 0.15) is 17.7 Å². The average Bonchev–Trinajstić information content (AvgIpc) is 3.17. The lowest BCUT2D eigenvalue weighted by atomic mass is 10.2. The standard InChI is InChI=1S/C16H14FN5/c17-13-5-1-2-7-15(13)22-9-11(8-20-22)21-16-12-4-3-6-14(12)18-10-19-16/h1-2,5,7-10H,3-4,6H2,(H,18,19,21). The molecule has 1 aromatic carbocycles. The van der Waals surface area contributed by atoms with Crippen LogP contribution in [0.5, 0.6) is 0 Å². The van der Waals surface area contributed by atoms with Gasteiger partial charge in [0.05, 0.1) is 18.1 Å². The highest BCUT2D eigenvalue weighted by Crippen LogP contribution is 2.27. The molecule has 22 heavy (non-hydrogen) atoms. The van der Waals surface area contributed by atoms with Crippen LogP contribution < -0.4 is 5.32 Å². The van der Waals surface area contributed by atoms with Crippen molar-refractivity contribution >= 4 is 11.5 Å². The number of hydrogen-bond acceptors (Lipinski definition) is 4. The van der Waals surface area contributed by atoms with Crippen LogP contribution in [0.4, 0.5) is 15.9 Å². The van der Waals surface area contributed by atoms with E-state index in [-0.39, 0.29) is 5.82 Å². The molecule has 6 heteroatoms. The molecule has 0 unspecified atom stereocenters. The predicted octanol–water partition coefficient (Wildman–Crippen LogP) is 3.03. The molecule has 3 aromatic rings. The van der Waals surface area contributed by atoms with Gasteiger partial charge in [0.2, 0.25) is 0 Å². The molecule has 0 atom stereocenters. The first-order valence-corrected chi connectivity index (χ1v) is 7.20. The molecular formula is C16H14FN5. The third kappa shape index (κ3) is 2.22. The monoisotopic (exact) mass is 295 g/mol. The lowest BCUT2D eigenvalue weighted by Gasteiger charge is -2.07. The Labute approximate surface area is 126 Å². The molecular weight excluding hydrogens is 281 g/mol. The van der Waals surface area contributed by atoms with E-state index in [4.69, 9.17) is 0 Å². The zero-order valence-corrected chi connectivity index (χ0v) is 11.8. The van der Waals surface area contributed by atoms with Gasteiger partial charge < -0.3 is 5.32 Å². The molecule has 4 rings (SSSR count). The number of benzene rings is 1. The number of fused-ring (bicyclic) bond motifs is 1. The third-order valence-corrected chi connectivity index (χ3v) is 3.82. The molecule has 2 heterocycles. The van der Waals surface area contributed by atoms with E-state index in [2.05, 4.69) is 20.4 Å². The quantitative estimate of drug-likeness (QED) is 0.807. The van der Waals surface area contributed by atoms with Gasteiger partial charge in [0.15, 0.2) is 0 Å². The zero-order valence-electron chi connectivity index (χ0n) is 11.8. The van der Waals surface area contributed by atoms with Crippen molar-refractivity contribution in [1.29, 1.82) is 0 Å². The Morgan fingerprint density at radius 3 is 2.95 bits per heavy atom. The maximum Gasteiger partial charge on any atom is 0.148 e. The summed E-state index contributed by atoms with van der Waals surface area (Å²) in [4.78, 5) is 8.62. The first-order valence-electron chi connectivity index (χ1n) is 7.20. The van der Waals surface area contributed by atoms with Crippen LogP contribution in [0.3, 0.4) is 0 Å². The van der Waals surface area contributed by atoms with Crippen LogP contribution in [0.2, 0.25) is 0 Å². The lowest BCUT2D eigenvalue weighted by molar-refractivity contribution is 0.611. The fraction of sp³-hybridized carbons (Fsp3) is 0.188. The average molecular weight is 295 g/mol. The SMILES string of the molecule is Fc1ccccc1-n1cc(Nc2ncnc3c2CCC3)cn1. The molecule has 110 valence electrons. The number of aromatic nitrogens is 4. The lowest BCUT2D eigenvalue weighted by Crippen LogP contribution is -2.00. The van der Waals surface area contributed by atoms with Crippen LogP contribution in [0.25, 0.3) is 5.69 Å². The van der Waals surface area contributed by atoms with Gasteiger partial charge >= 0.3 is 0 Å². The van der Waals surface area contributed by atoms with Gasteiger partial charge in [0.25, 0.3) is 0 Å². The van der Waals surface area contributed by atoms with Gasteiger partial charge in [-0.15, -0.1) is 0 Å². The van der Waals surface area contributed by atoms with Crippen LogP contribution in [-0.2, 0) is 12.8 Å². The van der Waals surface area contributed by atoms with E-state index >= 15 is 0 Å². The van der Waals surface area contributed by atoms with Gasteiger partial charge in [-0.1, -0.05) is 12.1 Å². The van der Waals surface area contributed by atoms with E-state index in [9.17, 15) is 4.39 Å². The van der Waals surface area contributed by atoms with E-state index in [0.29, 0.717) is 5.69 Å². The van der Waals surface area contributed by atoms with E-state index in [1.165, 1.54) is 16.3 Å². The molecule has 0 amide bonds. The van der Waals surface area contributed by atoms with Gasteiger partial charge in [-0.05, 0) is 31.4 Å². The molecule has 1 aliphatic rings. The van der Waals surface area contributed by atoms with Crippen molar-refractivity contribution in [3.63, 3.8) is 0 Å². The Bertz CT molecular complexity index is 827. The van der Waals surface area contributed by atoms with Crippen molar-refractivity contribution in [3.05, 3.63) is 60.1 Å². The van der Waals surface area contributed by atoms with Crippen LogP contribution in [0.15, 0.2) is 43.0 Å². The molecule has 0 fully saturated rings. The second-order valence-corrected chi connectivity index (χ2v) is 5.25. The number of halogens is 1. The summed E-state index contributed by atoms with van der Waals surface area (Å²) >= 11 is 0. The Kier molecular flexibility index (Phi) is 3.07. The summed E-state index contributed by atoms with van der Waals surface area (Å²) in [6.07, 6.45) is 8.09. The van der Waals surface area contributed by atoms with E-state index in [1.807, 2.05) is 0 Å². The number of nitrogens with zero attached hydrogens (tertiary/aromatic N) is 4. The van der Waals surface area contributed by atoms with Gasteiger partial charge in [-0.3, -0.25) is 0 Å². The molecule has 0 saturated heterocycles. The predicted molar refractivity (Wildman–Crippen MR) is 80.9 cm³/mol. The highest BCUT2D eigenvalue weighted by atomic mass is 19.1. The highest BCUT2D eigenvalue weighted by Gasteiger charge is 2.17. The first kappa shape index (κ1) is 12.9. The molecule has 0 aliphatic heterocycles. The summed E-state index contributed by atoms with van der Waals surface area (Å²) in [7, 11) is 0. The number of para-hydroxylation sites is 1. The first-order chi connectivity index (χ1) is 10.8. The van der Waals surface area contributed by atoms with Crippen molar-refractivity contribution in [2.24, 2.45) is 0 Å². The fourth-order valence-electron chi connectivity index (χ4n) is 2.76. The fourth-order valence-corrected chi connectivity index (χ4v) is 2.76. The second kappa shape index (κ2) is 5.22. The largest absolute Gasteiger partial charge is 0.337 e. The Hall–Kier alpha value is -2.76. The molecule has 0 saturated carbocycles. The van der Waals surface area contributed by atoms with Crippen LogP contribution in [0, 0.1) is 5.82 Å². The topological polar surface area (TPSA) is 55.6 Å². The van der Waals surface area contributed by atoms with Gasteiger partial charge in [-0.25, -0.2) is 19.0 Å². The summed E-state index contributed by atoms with van der Waals surface area (Å²) in [6.45, 7) is 0. The van der Waals surface area contributed by atoms with E-state index in [1.54, 1.807) is 36.9 Å². The third-order valence-electron chi connectivity index (χ3n) is 3.82. The Morgan fingerprint density at radius 2 is 2.05 bits per heavy atom. The molecule has 1 aliphatic carbocycles. The van der Waals surface area contributed by atoms with Gasteiger partial charge in [0.1, 0.15) is 23.6 Å². The summed E-state index contributed by atoms with van der Waals surface area (Å²) < 4.78 is 15.3. The molecule has 2 aromatic heterocycles. The number of nitrogens with one attached hydrogen (secondary N) is 1. The number of rotatable bonds is 3. The molecule has 5 nitrogen and oxygen atoms in total. The number of hydrogen-bond donors (Lipinski definition) is 1. The summed E-state index contributed by atoms with van der Waals surface area (Å²) in [5.74, 6) is 0.510. The number of aryl methyl sites for hydroxylation is 1. The highest BCUT2D eigenvalue weighted by molar-refractivity contribution is 5.59. The van der Waals surface area contributed by atoms with Gasteiger partial charge in [-0.2, -0.15) is 5.10 Å². The normalized spacial score (nSPS) is 13.1. The van der Waals surface area contributed by atoms with Crippen molar-refractivity contribution in [1.82, 2.24) is 19.7 Å². The minimum absolute atomic E-state index is 0.305. The minimum atomic E-state index is -0.305. The summed E-state index contributed by atoms with van der Waals surface area (Å²) in [5, 5.41) is 7.46. The Balaban J connectivity index is 1.63. The van der Waals surface area contributed by atoms with Gasteiger partial charge in [0, 0.05) is 11.3 Å². The minimum Gasteiger partial charge on any atom is -0.337 e.